The zero-order valence-electron chi connectivity index (χ0n) is 6.87. The summed E-state index contributed by atoms with van der Waals surface area (Å²) in [4.78, 5) is 0.371. The van der Waals surface area contributed by atoms with Crippen LogP contribution in [0, 0.1) is 5.82 Å². The lowest BCUT2D eigenvalue weighted by Crippen LogP contribution is -2.05. The van der Waals surface area contributed by atoms with Crippen molar-refractivity contribution in [3.05, 3.63) is 24.0 Å². The second-order valence-corrected chi connectivity index (χ2v) is 3.99. The lowest BCUT2D eigenvalue weighted by molar-refractivity contribution is 0.321. The molecule has 0 spiro atoms. The SMILES string of the molecule is Nc1cc(F)ccc1S(=O)CCO. The number of hydrogen-bond donors (Lipinski definition) is 2. The Morgan fingerprint density at radius 1 is 1.54 bits per heavy atom. The molecule has 1 atom stereocenters. The van der Waals surface area contributed by atoms with Gasteiger partial charge in [0.15, 0.2) is 0 Å². The van der Waals surface area contributed by atoms with Crippen LogP contribution in [0.4, 0.5) is 10.1 Å². The first-order chi connectivity index (χ1) is 6.15. The molecule has 13 heavy (non-hydrogen) atoms. The second kappa shape index (κ2) is 4.34. The van der Waals surface area contributed by atoms with Crippen molar-refractivity contribution < 1.29 is 13.7 Å². The smallest absolute Gasteiger partial charge is 0.125 e. The van der Waals surface area contributed by atoms with Crippen molar-refractivity contribution in [2.24, 2.45) is 0 Å². The van der Waals surface area contributed by atoms with Crippen molar-refractivity contribution in [3.8, 4) is 0 Å². The van der Waals surface area contributed by atoms with E-state index in [2.05, 4.69) is 0 Å². The normalized spacial score (nSPS) is 12.8. The number of nitrogens with two attached hydrogens (primary N) is 1. The van der Waals surface area contributed by atoms with Crippen LogP contribution in [0.2, 0.25) is 0 Å². The van der Waals surface area contributed by atoms with Crippen molar-refractivity contribution in [2.75, 3.05) is 18.1 Å². The van der Waals surface area contributed by atoms with Crippen LogP contribution < -0.4 is 5.73 Å². The molecule has 1 aromatic rings. The summed E-state index contributed by atoms with van der Waals surface area (Å²) >= 11 is 0. The van der Waals surface area contributed by atoms with Gasteiger partial charge in [0.05, 0.1) is 33.7 Å². The zero-order valence-corrected chi connectivity index (χ0v) is 7.68. The molecule has 0 heterocycles. The van der Waals surface area contributed by atoms with Gasteiger partial charge in [-0.1, -0.05) is 0 Å². The van der Waals surface area contributed by atoms with Crippen molar-refractivity contribution in [1.29, 1.82) is 0 Å². The van der Waals surface area contributed by atoms with Gasteiger partial charge in [-0.25, -0.2) is 4.39 Å². The molecule has 0 saturated carbocycles. The quantitative estimate of drug-likeness (QED) is 0.703. The predicted octanol–water partition coefficient (Wildman–Crippen LogP) is 0.508. The lowest BCUT2D eigenvalue weighted by atomic mass is 10.3. The summed E-state index contributed by atoms with van der Waals surface area (Å²) in [6.07, 6.45) is 0. The van der Waals surface area contributed by atoms with E-state index < -0.39 is 16.6 Å². The summed E-state index contributed by atoms with van der Waals surface area (Å²) in [7, 11) is -1.34. The summed E-state index contributed by atoms with van der Waals surface area (Å²) in [5.41, 5.74) is 5.60. The zero-order chi connectivity index (χ0) is 9.84. The Bertz CT molecular complexity index is 330. The number of anilines is 1. The number of aliphatic hydroxyl groups is 1. The van der Waals surface area contributed by atoms with Crippen LogP contribution in [-0.2, 0) is 10.8 Å². The third-order valence-corrected chi connectivity index (χ3v) is 2.91. The van der Waals surface area contributed by atoms with E-state index in [4.69, 9.17) is 10.8 Å². The molecule has 3 N–H and O–H groups in total. The van der Waals surface area contributed by atoms with Gasteiger partial charge in [0, 0.05) is 0 Å². The molecule has 0 fully saturated rings. The Morgan fingerprint density at radius 3 is 2.77 bits per heavy atom. The van der Waals surface area contributed by atoms with Crippen molar-refractivity contribution in [2.45, 2.75) is 4.90 Å². The van der Waals surface area contributed by atoms with E-state index in [-0.39, 0.29) is 18.0 Å². The Kier molecular flexibility index (Phi) is 3.39. The lowest BCUT2D eigenvalue weighted by Gasteiger charge is -2.03. The number of rotatable bonds is 3. The molecule has 5 heteroatoms. The van der Waals surface area contributed by atoms with E-state index in [9.17, 15) is 8.60 Å². The molecule has 0 radical (unpaired) electrons. The highest BCUT2D eigenvalue weighted by atomic mass is 32.2. The van der Waals surface area contributed by atoms with Crippen LogP contribution in [-0.4, -0.2) is 21.7 Å². The Balaban J connectivity index is 2.95. The maximum absolute atomic E-state index is 12.6. The minimum absolute atomic E-state index is 0.121. The molecule has 72 valence electrons. The monoisotopic (exact) mass is 203 g/mol. The molecule has 0 aliphatic rings. The largest absolute Gasteiger partial charge is 0.398 e. The van der Waals surface area contributed by atoms with Gasteiger partial charge in [0.1, 0.15) is 5.82 Å². The third kappa shape index (κ3) is 2.50. The van der Waals surface area contributed by atoms with Crippen molar-refractivity contribution >= 4 is 16.5 Å². The number of benzene rings is 1. The van der Waals surface area contributed by atoms with Gasteiger partial charge in [-0.3, -0.25) is 4.21 Å². The van der Waals surface area contributed by atoms with Gasteiger partial charge in [-0.15, -0.1) is 0 Å². The first-order valence-corrected chi connectivity index (χ1v) is 5.01. The van der Waals surface area contributed by atoms with Crippen LogP contribution >= 0.6 is 0 Å². The maximum atomic E-state index is 12.6. The molecule has 0 amide bonds. The van der Waals surface area contributed by atoms with E-state index in [1.54, 1.807) is 0 Å². The highest BCUT2D eigenvalue weighted by Gasteiger charge is 2.07. The molecular formula is C8H10FNO2S. The van der Waals surface area contributed by atoms with Gasteiger partial charge in [-0.05, 0) is 18.2 Å². The van der Waals surface area contributed by atoms with E-state index in [0.717, 1.165) is 6.07 Å². The fourth-order valence-electron chi connectivity index (χ4n) is 0.920. The molecule has 1 aromatic carbocycles. The predicted molar refractivity (Wildman–Crippen MR) is 49.2 cm³/mol. The topological polar surface area (TPSA) is 63.3 Å². The number of nitrogen functional groups attached to an aromatic ring is 1. The van der Waals surface area contributed by atoms with E-state index >= 15 is 0 Å². The average molecular weight is 203 g/mol. The number of aliphatic hydroxyl groups excluding tert-OH is 1. The molecular weight excluding hydrogens is 193 g/mol. The molecule has 3 nitrogen and oxygen atoms in total. The maximum Gasteiger partial charge on any atom is 0.125 e. The minimum Gasteiger partial charge on any atom is -0.398 e. The van der Waals surface area contributed by atoms with Crippen molar-refractivity contribution in [3.63, 3.8) is 0 Å². The highest BCUT2D eigenvalue weighted by Crippen LogP contribution is 2.17. The Labute approximate surface area is 77.8 Å². The van der Waals surface area contributed by atoms with E-state index in [1.165, 1.54) is 12.1 Å². The molecule has 1 rings (SSSR count). The second-order valence-electron chi connectivity index (χ2n) is 2.46. The standard InChI is InChI=1S/C8H10FNO2S/c9-6-1-2-8(7(10)5-6)13(12)4-3-11/h1-2,5,11H,3-4,10H2. The summed E-state index contributed by atoms with van der Waals surface area (Å²) < 4.78 is 23.9. The number of hydrogen-bond acceptors (Lipinski definition) is 3. The minimum atomic E-state index is -1.34. The molecule has 1 unspecified atom stereocenters. The van der Waals surface area contributed by atoms with Crippen molar-refractivity contribution in [1.82, 2.24) is 0 Å². The Hall–Kier alpha value is -0.940. The third-order valence-electron chi connectivity index (χ3n) is 1.49. The molecule has 0 saturated heterocycles. The fraction of sp³-hybridized carbons (Fsp3) is 0.250. The average Bonchev–Trinajstić information content (AvgIpc) is 2.04. The molecule has 0 aliphatic heterocycles. The van der Waals surface area contributed by atoms with Crippen LogP contribution in [0.25, 0.3) is 0 Å². The first kappa shape index (κ1) is 10.1. The van der Waals surface area contributed by atoms with Gasteiger partial charge < -0.3 is 10.8 Å². The molecule has 0 aliphatic carbocycles. The van der Waals surface area contributed by atoms with E-state index in [1.807, 2.05) is 0 Å². The summed E-state index contributed by atoms with van der Waals surface area (Å²) in [5, 5.41) is 8.54. The molecule has 0 bridgehead atoms. The fourth-order valence-corrected chi connectivity index (χ4v) is 1.85. The summed E-state index contributed by atoms with van der Waals surface area (Å²) in [6, 6.07) is 3.68. The summed E-state index contributed by atoms with van der Waals surface area (Å²) in [6.45, 7) is -0.177. The van der Waals surface area contributed by atoms with E-state index in [0.29, 0.717) is 4.90 Å². The van der Waals surface area contributed by atoms with Crippen LogP contribution in [0.3, 0.4) is 0 Å². The van der Waals surface area contributed by atoms with Gasteiger partial charge in [-0.2, -0.15) is 0 Å². The highest BCUT2D eigenvalue weighted by molar-refractivity contribution is 7.85. The number of halogens is 1. The van der Waals surface area contributed by atoms with Crippen LogP contribution in [0.5, 0.6) is 0 Å². The molecule has 0 aromatic heterocycles. The Morgan fingerprint density at radius 2 is 2.23 bits per heavy atom. The van der Waals surface area contributed by atoms with Gasteiger partial charge >= 0.3 is 0 Å². The van der Waals surface area contributed by atoms with Gasteiger partial charge in [0.25, 0.3) is 0 Å². The summed E-state index contributed by atoms with van der Waals surface area (Å²) in [5.74, 6) is -0.335. The first-order valence-electron chi connectivity index (χ1n) is 3.69. The van der Waals surface area contributed by atoms with Crippen LogP contribution in [0.15, 0.2) is 23.1 Å². The van der Waals surface area contributed by atoms with Crippen LogP contribution in [0.1, 0.15) is 0 Å². The van der Waals surface area contributed by atoms with Gasteiger partial charge in [0.2, 0.25) is 0 Å².